The molecule has 0 radical (unpaired) electrons. The van der Waals surface area contributed by atoms with Crippen molar-refractivity contribution in [3.63, 3.8) is 0 Å². The van der Waals surface area contributed by atoms with Gasteiger partial charge in [-0.1, -0.05) is 24.3 Å². The molecule has 1 amide bonds. The highest BCUT2D eigenvalue weighted by molar-refractivity contribution is 5.94. The van der Waals surface area contributed by atoms with Crippen LogP contribution in [0.3, 0.4) is 0 Å². The van der Waals surface area contributed by atoms with E-state index in [0.29, 0.717) is 30.2 Å². The number of aromatic nitrogens is 2. The van der Waals surface area contributed by atoms with Gasteiger partial charge in [0.05, 0.1) is 12.8 Å². The lowest BCUT2D eigenvalue weighted by Crippen LogP contribution is -2.23. The lowest BCUT2D eigenvalue weighted by atomic mass is 10.1. The molecule has 0 saturated heterocycles. The number of nitrogens with one attached hydrogen (secondary N) is 1. The largest absolute Gasteiger partial charge is 0.493 e. The van der Waals surface area contributed by atoms with Crippen LogP contribution in [0.15, 0.2) is 54.7 Å². The molecular formula is C21H23N3O3. The van der Waals surface area contributed by atoms with Crippen LogP contribution in [0.25, 0.3) is 0 Å². The second-order valence-corrected chi connectivity index (χ2v) is 6.24. The molecule has 140 valence electrons. The van der Waals surface area contributed by atoms with Crippen LogP contribution in [0.4, 0.5) is 0 Å². The number of methoxy groups -OCH3 is 1. The fraction of sp³-hybridized carbons (Fsp3) is 0.238. The first-order chi connectivity index (χ1) is 13.1. The van der Waals surface area contributed by atoms with Gasteiger partial charge in [0.25, 0.3) is 5.91 Å². The Morgan fingerprint density at radius 3 is 2.63 bits per heavy atom. The Labute approximate surface area is 158 Å². The number of ether oxygens (including phenoxy) is 2. The summed E-state index contributed by atoms with van der Waals surface area (Å²) in [6.45, 7) is 2.72. The molecule has 0 bridgehead atoms. The average molecular weight is 365 g/mol. The molecule has 3 rings (SSSR count). The highest BCUT2D eigenvalue weighted by Gasteiger charge is 2.09. The van der Waals surface area contributed by atoms with E-state index in [2.05, 4.69) is 10.4 Å². The van der Waals surface area contributed by atoms with Crippen molar-refractivity contribution in [2.45, 2.75) is 20.1 Å². The molecule has 27 heavy (non-hydrogen) atoms. The zero-order chi connectivity index (χ0) is 19.2. The molecule has 0 atom stereocenters. The second-order valence-electron chi connectivity index (χ2n) is 6.24. The Morgan fingerprint density at radius 2 is 1.93 bits per heavy atom. The molecule has 0 fully saturated rings. The molecular weight excluding hydrogens is 342 g/mol. The quantitative estimate of drug-likeness (QED) is 0.698. The van der Waals surface area contributed by atoms with E-state index >= 15 is 0 Å². The monoisotopic (exact) mass is 365 g/mol. The minimum absolute atomic E-state index is 0.127. The van der Waals surface area contributed by atoms with Crippen LogP contribution >= 0.6 is 0 Å². The first kappa shape index (κ1) is 18.5. The van der Waals surface area contributed by atoms with Crippen LogP contribution in [0.5, 0.6) is 11.5 Å². The van der Waals surface area contributed by atoms with Crippen molar-refractivity contribution >= 4 is 5.91 Å². The molecule has 6 heteroatoms. The van der Waals surface area contributed by atoms with Gasteiger partial charge >= 0.3 is 0 Å². The Kier molecular flexibility index (Phi) is 5.76. The molecule has 0 aliphatic rings. The Morgan fingerprint density at radius 1 is 1.15 bits per heavy atom. The van der Waals surface area contributed by atoms with Gasteiger partial charge in [-0.15, -0.1) is 0 Å². The first-order valence-electron chi connectivity index (χ1n) is 8.69. The number of amides is 1. The van der Waals surface area contributed by atoms with E-state index in [0.717, 1.165) is 16.8 Å². The summed E-state index contributed by atoms with van der Waals surface area (Å²) in [6, 6.07) is 14.9. The summed E-state index contributed by atoms with van der Waals surface area (Å²) < 4.78 is 12.9. The van der Waals surface area contributed by atoms with Crippen molar-refractivity contribution < 1.29 is 14.3 Å². The number of hydrogen-bond donors (Lipinski definition) is 1. The van der Waals surface area contributed by atoms with Crippen molar-refractivity contribution in [1.82, 2.24) is 15.1 Å². The van der Waals surface area contributed by atoms with E-state index < -0.39 is 0 Å². The van der Waals surface area contributed by atoms with E-state index in [1.54, 1.807) is 17.9 Å². The molecule has 1 aromatic heterocycles. The molecule has 3 aromatic rings. The van der Waals surface area contributed by atoms with Gasteiger partial charge < -0.3 is 14.8 Å². The van der Waals surface area contributed by atoms with E-state index in [4.69, 9.17) is 9.47 Å². The summed E-state index contributed by atoms with van der Waals surface area (Å²) >= 11 is 0. The van der Waals surface area contributed by atoms with Crippen LogP contribution in [-0.4, -0.2) is 22.8 Å². The summed E-state index contributed by atoms with van der Waals surface area (Å²) in [6.07, 6.45) is 1.91. The molecule has 0 aliphatic heterocycles. The van der Waals surface area contributed by atoms with Crippen molar-refractivity contribution in [3.05, 3.63) is 77.1 Å². The van der Waals surface area contributed by atoms with Gasteiger partial charge in [0.1, 0.15) is 6.61 Å². The Balaban J connectivity index is 1.62. The van der Waals surface area contributed by atoms with E-state index in [-0.39, 0.29) is 5.91 Å². The fourth-order valence-electron chi connectivity index (χ4n) is 2.80. The predicted octanol–water partition coefficient (Wildman–Crippen LogP) is 3.25. The third-order valence-electron chi connectivity index (χ3n) is 4.21. The lowest BCUT2D eigenvalue weighted by Gasteiger charge is -2.11. The maximum Gasteiger partial charge on any atom is 0.251 e. The molecule has 0 saturated carbocycles. The number of rotatable bonds is 7. The Bertz CT molecular complexity index is 934. The molecule has 0 spiro atoms. The minimum atomic E-state index is -0.127. The topological polar surface area (TPSA) is 65.4 Å². The van der Waals surface area contributed by atoms with Crippen LogP contribution in [0.1, 0.15) is 27.2 Å². The maximum atomic E-state index is 12.5. The highest BCUT2D eigenvalue weighted by atomic mass is 16.5. The van der Waals surface area contributed by atoms with Crippen LogP contribution < -0.4 is 14.8 Å². The minimum Gasteiger partial charge on any atom is -0.493 e. The summed E-state index contributed by atoms with van der Waals surface area (Å²) in [7, 11) is 3.47. The van der Waals surface area contributed by atoms with E-state index in [1.165, 1.54) is 0 Å². The van der Waals surface area contributed by atoms with Gasteiger partial charge in [-0.3, -0.25) is 9.48 Å². The standard InChI is InChI=1S/C21H23N3O3/c1-15-18(13-24(2)23-15)12-22-21(25)17-8-6-7-16(11-17)14-27-20-10-5-4-9-19(20)26-3/h4-11,13H,12,14H2,1-3H3,(H,22,25). The molecule has 1 N–H and O–H groups in total. The van der Waals surface area contributed by atoms with Crippen molar-refractivity contribution in [3.8, 4) is 11.5 Å². The van der Waals surface area contributed by atoms with Crippen LogP contribution in [0, 0.1) is 6.92 Å². The molecule has 1 heterocycles. The number of aryl methyl sites for hydroxylation is 2. The first-order valence-corrected chi connectivity index (χ1v) is 8.69. The molecule has 6 nitrogen and oxygen atoms in total. The maximum absolute atomic E-state index is 12.5. The Hall–Kier alpha value is -3.28. The van der Waals surface area contributed by atoms with Crippen LogP contribution in [0.2, 0.25) is 0 Å². The van der Waals surface area contributed by atoms with E-state index in [9.17, 15) is 4.79 Å². The van der Waals surface area contributed by atoms with Crippen molar-refractivity contribution in [2.75, 3.05) is 7.11 Å². The number of hydrogen-bond acceptors (Lipinski definition) is 4. The summed E-state index contributed by atoms with van der Waals surface area (Å²) in [5.41, 5.74) is 3.42. The average Bonchev–Trinajstić information content (AvgIpc) is 3.02. The number of nitrogens with zero attached hydrogens (tertiary/aromatic N) is 2. The van der Waals surface area contributed by atoms with Crippen LogP contribution in [-0.2, 0) is 20.2 Å². The normalized spacial score (nSPS) is 10.5. The van der Waals surface area contributed by atoms with Gasteiger partial charge in [0, 0.05) is 30.9 Å². The molecule has 0 aliphatic carbocycles. The molecule has 0 unspecified atom stereocenters. The number of carbonyl (C=O) groups is 1. The van der Waals surface area contributed by atoms with Crippen molar-refractivity contribution in [2.24, 2.45) is 7.05 Å². The zero-order valence-corrected chi connectivity index (χ0v) is 15.7. The summed E-state index contributed by atoms with van der Waals surface area (Å²) in [5.74, 6) is 1.22. The zero-order valence-electron chi connectivity index (χ0n) is 15.7. The number of benzene rings is 2. The number of carbonyl (C=O) groups excluding carboxylic acids is 1. The highest BCUT2D eigenvalue weighted by Crippen LogP contribution is 2.26. The van der Waals surface area contributed by atoms with Gasteiger partial charge in [0.15, 0.2) is 11.5 Å². The predicted molar refractivity (Wildman–Crippen MR) is 103 cm³/mol. The third kappa shape index (κ3) is 4.67. The second kappa shape index (κ2) is 8.40. The van der Waals surface area contributed by atoms with Gasteiger partial charge in [0.2, 0.25) is 0 Å². The smallest absolute Gasteiger partial charge is 0.251 e. The summed E-state index contributed by atoms with van der Waals surface area (Å²) in [5, 5.41) is 7.22. The van der Waals surface area contributed by atoms with Gasteiger partial charge in [-0.25, -0.2) is 0 Å². The fourth-order valence-corrected chi connectivity index (χ4v) is 2.80. The number of para-hydroxylation sites is 2. The van der Waals surface area contributed by atoms with Gasteiger partial charge in [-0.2, -0.15) is 5.10 Å². The summed E-state index contributed by atoms with van der Waals surface area (Å²) in [4.78, 5) is 12.5. The van der Waals surface area contributed by atoms with E-state index in [1.807, 2.05) is 62.6 Å². The lowest BCUT2D eigenvalue weighted by molar-refractivity contribution is 0.0950. The van der Waals surface area contributed by atoms with Crippen molar-refractivity contribution in [1.29, 1.82) is 0 Å². The molecule has 2 aromatic carbocycles. The SMILES string of the molecule is COc1ccccc1OCc1cccc(C(=O)NCc2cn(C)nc2C)c1. The van der Waals surface area contributed by atoms with Gasteiger partial charge in [-0.05, 0) is 36.8 Å². The third-order valence-corrected chi connectivity index (χ3v) is 4.21.